The maximum atomic E-state index is 12.8. The Labute approximate surface area is 503 Å². The van der Waals surface area contributed by atoms with Crippen LogP contribution in [0.2, 0.25) is 5.15 Å². The molecule has 3 saturated carbocycles. The molecule has 0 spiro atoms. The number of nitrogens with one attached hydrogen (secondary N) is 2. The fourth-order valence-electron chi connectivity index (χ4n) is 9.19. The smallest absolute Gasteiger partial charge is 0.257 e. The molecule has 0 bridgehead atoms. The fraction of sp³-hybridized carbons (Fsp3) is 0.279. The van der Waals surface area contributed by atoms with Crippen molar-refractivity contribution in [1.29, 1.82) is 0 Å². The number of rotatable bonds is 11. The molecule has 2 aliphatic heterocycles. The van der Waals surface area contributed by atoms with Crippen molar-refractivity contribution in [2.75, 3.05) is 54.4 Å². The highest BCUT2D eigenvalue weighted by Gasteiger charge is 2.32. The van der Waals surface area contributed by atoms with Gasteiger partial charge in [-0.2, -0.15) is 0 Å². The SMILES string of the molecule is C.CN1Cc2nc(Cc3ccc(C4CC4)cn3)cc(Nc3ccccc3S(C)(=O)=O)c2C1=O.CN1Cc2nc(Cl)cc(Nc3ccccc3S(C)(=O)=O)c2C1=O.Nc1ccc(Br)cn1.Nc1ccc(C2CC2)cn1.Nc1ccc(C2CC2)cn1. The Morgan fingerprint density at radius 1 is 0.536 bits per heavy atom. The van der Waals surface area contributed by atoms with Crippen molar-refractivity contribution in [3.05, 3.63) is 194 Å². The topological polar surface area (TPSA) is 288 Å². The first-order valence-corrected chi connectivity index (χ1v) is 31.6. The van der Waals surface area contributed by atoms with Gasteiger partial charge in [-0.15, -0.1) is 0 Å². The molecule has 0 saturated heterocycles. The Kier molecular flexibility index (Phi) is 19.7. The Hall–Kier alpha value is -8.05. The zero-order valence-electron chi connectivity index (χ0n) is 46.1. The molecule has 0 radical (unpaired) electrons. The minimum absolute atomic E-state index is 0. The Bertz CT molecular complexity index is 3820. The first kappa shape index (κ1) is 62.0. The van der Waals surface area contributed by atoms with E-state index in [1.165, 1.54) is 78.5 Å². The van der Waals surface area contributed by atoms with Gasteiger partial charge in [0.15, 0.2) is 19.7 Å². The van der Waals surface area contributed by atoms with Gasteiger partial charge in [-0.1, -0.05) is 61.5 Å². The molecule has 438 valence electrons. The van der Waals surface area contributed by atoms with Crippen LogP contribution in [-0.2, 0) is 39.2 Å². The third-order valence-corrected chi connectivity index (χ3v) is 16.9. The largest absolute Gasteiger partial charge is 0.384 e. The lowest BCUT2D eigenvalue weighted by Gasteiger charge is -2.15. The maximum Gasteiger partial charge on any atom is 0.257 e. The lowest BCUT2D eigenvalue weighted by atomic mass is 10.1. The number of benzene rings is 2. The molecule has 19 nitrogen and oxygen atoms in total. The second kappa shape index (κ2) is 26.7. The quantitative estimate of drug-likeness (QED) is 0.0752. The van der Waals surface area contributed by atoms with Crippen LogP contribution in [-0.4, -0.2) is 95.0 Å². The Morgan fingerprint density at radius 2 is 0.940 bits per heavy atom. The van der Waals surface area contributed by atoms with Crippen LogP contribution in [0.1, 0.15) is 124 Å². The van der Waals surface area contributed by atoms with Gasteiger partial charge in [0.1, 0.15) is 22.6 Å². The number of hydrogen-bond donors (Lipinski definition) is 5. The van der Waals surface area contributed by atoms with Crippen molar-refractivity contribution < 1.29 is 26.4 Å². The number of nitrogen functional groups attached to an aromatic ring is 3. The summed E-state index contributed by atoms with van der Waals surface area (Å²) in [6, 6.07) is 32.2. The molecule has 8 N–H and O–H groups in total. The van der Waals surface area contributed by atoms with Crippen LogP contribution >= 0.6 is 27.5 Å². The van der Waals surface area contributed by atoms with Crippen LogP contribution in [0.3, 0.4) is 0 Å². The average Bonchev–Trinajstić information content (AvgIpc) is 4.47. The van der Waals surface area contributed by atoms with Crippen molar-refractivity contribution in [1.82, 2.24) is 39.7 Å². The van der Waals surface area contributed by atoms with E-state index in [0.29, 0.717) is 88.1 Å². The zero-order chi connectivity index (χ0) is 59.2. The van der Waals surface area contributed by atoms with E-state index in [4.69, 9.17) is 33.8 Å². The number of halogens is 2. The molecule has 84 heavy (non-hydrogen) atoms. The maximum absolute atomic E-state index is 12.8. The number of nitrogens with zero attached hydrogens (tertiary/aromatic N) is 8. The van der Waals surface area contributed by atoms with Crippen LogP contribution in [0.4, 0.5) is 40.2 Å². The molecule has 23 heteroatoms. The highest BCUT2D eigenvalue weighted by Crippen LogP contribution is 2.42. The summed E-state index contributed by atoms with van der Waals surface area (Å²) in [5.74, 6) is 3.69. The summed E-state index contributed by atoms with van der Waals surface area (Å²) in [6.07, 6.45) is 18.0. The third-order valence-electron chi connectivity index (χ3n) is 13.9. The van der Waals surface area contributed by atoms with Gasteiger partial charge < -0.3 is 37.6 Å². The van der Waals surface area contributed by atoms with Crippen molar-refractivity contribution in [3.63, 3.8) is 0 Å². The minimum Gasteiger partial charge on any atom is -0.384 e. The summed E-state index contributed by atoms with van der Waals surface area (Å²) in [5.41, 5.74) is 25.8. The van der Waals surface area contributed by atoms with Crippen LogP contribution in [0, 0.1) is 0 Å². The van der Waals surface area contributed by atoms with E-state index in [9.17, 15) is 26.4 Å². The molecule has 13 rings (SSSR count). The van der Waals surface area contributed by atoms with Crippen LogP contribution in [0.25, 0.3) is 0 Å². The van der Waals surface area contributed by atoms with E-state index in [0.717, 1.165) is 34.0 Å². The van der Waals surface area contributed by atoms with Crippen LogP contribution < -0.4 is 27.8 Å². The molecule has 0 unspecified atom stereocenters. The molecule has 2 amide bonds. The molecule has 3 fully saturated rings. The second-order valence-corrected chi connectivity index (χ2v) is 26.2. The van der Waals surface area contributed by atoms with E-state index in [2.05, 4.69) is 69.7 Å². The zero-order valence-corrected chi connectivity index (χ0v) is 50.1. The molecule has 3 aliphatic carbocycles. The molecular weight excluding hydrogens is 1190 g/mol. The van der Waals surface area contributed by atoms with Crippen molar-refractivity contribution in [2.45, 2.75) is 93.0 Å². The molecule has 5 aliphatic rings. The number of para-hydroxylation sites is 2. The Morgan fingerprint density at radius 3 is 1.32 bits per heavy atom. The summed E-state index contributed by atoms with van der Waals surface area (Å²) >= 11 is 9.25. The highest BCUT2D eigenvalue weighted by atomic mass is 79.9. The molecule has 0 atom stereocenters. The fourth-order valence-corrected chi connectivity index (χ4v) is 11.3. The second-order valence-electron chi connectivity index (χ2n) is 20.9. The van der Waals surface area contributed by atoms with Crippen molar-refractivity contribution >= 4 is 99.2 Å². The van der Waals surface area contributed by atoms with Crippen molar-refractivity contribution in [2.24, 2.45) is 0 Å². The number of pyridine rings is 6. The number of sulfone groups is 2. The Balaban J connectivity index is 0.000000152. The monoisotopic (exact) mass is 1260 g/mol. The van der Waals surface area contributed by atoms with Gasteiger partial charge in [-0.3, -0.25) is 19.6 Å². The third kappa shape index (κ3) is 16.4. The number of fused-ring (bicyclic) bond motifs is 2. The summed E-state index contributed by atoms with van der Waals surface area (Å²) < 4.78 is 49.3. The molecule has 8 aromatic rings. The van der Waals surface area contributed by atoms with Gasteiger partial charge in [0.25, 0.3) is 11.8 Å². The van der Waals surface area contributed by atoms with Crippen molar-refractivity contribution in [3.8, 4) is 0 Å². The molecule has 6 aromatic heterocycles. The first-order valence-electron chi connectivity index (χ1n) is 26.7. The summed E-state index contributed by atoms with van der Waals surface area (Å²) in [7, 11) is -3.44. The van der Waals surface area contributed by atoms with E-state index in [1.54, 1.807) is 73.7 Å². The van der Waals surface area contributed by atoms with E-state index < -0.39 is 19.7 Å². The van der Waals surface area contributed by atoms with Gasteiger partial charge in [0, 0.05) is 73.7 Å². The average molecular weight is 1260 g/mol. The van der Waals surface area contributed by atoms with Crippen LogP contribution in [0.15, 0.2) is 148 Å². The van der Waals surface area contributed by atoms with E-state index in [-0.39, 0.29) is 34.2 Å². The van der Waals surface area contributed by atoms with Crippen LogP contribution in [0.5, 0.6) is 0 Å². The molecule has 8 heterocycles. The summed E-state index contributed by atoms with van der Waals surface area (Å²) in [5, 5.41) is 6.46. The van der Waals surface area contributed by atoms with Gasteiger partial charge in [0.05, 0.1) is 68.1 Å². The van der Waals surface area contributed by atoms with Gasteiger partial charge in [0.2, 0.25) is 0 Å². The molecule has 2 aromatic carbocycles. The van der Waals surface area contributed by atoms with Gasteiger partial charge in [-0.25, -0.2) is 36.8 Å². The number of carbonyl (C=O) groups excluding carboxylic acids is 2. The summed E-state index contributed by atoms with van der Waals surface area (Å²) in [4.78, 5) is 53.9. The first-order chi connectivity index (χ1) is 39.6. The predicted molar refractivity (Wildman–Crippen MR) is 334 cm³/mol. The normalized spacial score (nSPS) is 14.8. The van der Waals surface area contributed by atoms with E-state index >= 15 is 0 Å². The van der Waals surface area contributed by atoms with Gasteiger partial charge in [-0.05, 0) is 156 Å². The number of aromatic nitrogens is 6. The molecular formula is C61H67BrClN13O6S2. The lowest BCUT2D eigenvalue weighted by Crippen LogP contribution is -2.18. The standard InChI is InChI=1S/C24H24N4O3S.C15H14ClN3O3S.2C8H10N2.C5H5BrN2.CH4/c1-28-14-21-23(24(28)29)20(27-19-5-3-4-6-22(19)32(2,30)31)12-18(26-21)11-17-10-9-16(13-25-17)15-7-8-15;1-19-8-11-14(15(19)20)10(7-13(16)18-11)17-9-5-3-4-6-12(9)23(2,21)22;2*9-8-4-3-7(5-10-8)6-1-2-6;6-4-1-2-5(7)8-3-4;/h3-6,9-10,12-13,15H,7-8,11,14H2,1-2H3,(H,26,27);3-7H,8H2,1-2H3,(H,17,18);2*3-6H,1-2H2,(H2,9,10);1-3H,(H2,7,8);1H4. The van der Waals surface area contributed by atoms with Gasteiger partial charge >= 0.3 is 0 Å². The number of nitrogens with two attached hydrogens (primary N) is 3. The lowest BCUT2D eigenvalue weighted by molar-refractivity contribution is 0.0809. The summed E-state index contributed by atoms with van der Waals surface area (Å²) in [6.45, 7) is 0.787. The number of hydrogen-bond acceptors (Lipinski definition) is 17. The highest BCUT2D eigenvalue weighted by molar-refractivity contribution is 9.10. The number of amides is 2. The minimum atomic E-state index is -3.44. The number of carbonyl (C=O) groups is 2. The number of anilines is 7. The van der Waals surface area contributed by atoms with E-state index in [1.807, 2.05) is 48.9 Å². The predicted octanol–water partition coefficient (Wildman–Crippen LogP) is 11.3.